The lowest BCUT2D eigenvalue weighted by Crippen LogP contribution is -2.28. The van der Waals surface area contributed by atoms with Crippen LogP contribution in [-0.4, -0.2) is 31.0 Å². The molecule has 0 aliphatic heterocycles. The molecule has 19 heavy (non-hydrogen) atoms. The van der Waals surface area contributed by atoms with Gasteiger partial charge in [-0.25, -0.2) is 18.1 Å². The molecule has 0 fully saturated rings. The molecule has 0 saturated carbocycles. The quantitative estimate of drug-likeness (QED) is 0.767. The Morgan fingerprint density at radius 3 is 2.95 bits per heavy atom. The fraction of sp³-hybridized carbons (Fsp3) is 0.364. The Balaban J connectivity index is 0.00000180. The second-order valence-electron chi connectivity index (χ2n) is 4.22. The average molecular weight is 305 g/mol. The monoisotopic (exact) mass is 304 g/mol. The highest BCUT2D eigenvalue weighted by atomic mass is 35.5. The molecule has 0 bridgehead atoms. The van der Waals surface area contributed by atoms with Gasteiger partial charge < -0.3 is 10.7 Å². The first kappa shape index (κ1) is 15.9. The molecule has 2 rings (SSSR count). The molecule has 0 radical (unpaired) electrons. The molecule has 6 nitrogen and oxygen atoms in total. The SMILES string of the molecule is CC(N)CCNS(=O)(=O)c1c[nH]c2ncccc12.Cl. The van der Waals surface area contributed by atoms with Gasteiger partial charge in [0.2, 0.25) is 10.0 Å². The number of pyridine rings is 1. The number of H-pyrrole nitrogens is 1. The van der Waals surface area contributed by atoms with E-state index in [2.05, 4.69) is 14.7 Å². The topological polar surface area (TPSA) is 101 Å². The van der Waals surface area contributed by atoms with Crippen molar-refractivity contribution in [1.29, 1.82) is 0 Å². The summed E-state index contributed by atoms with van der Waals surface area (Å²) >= 11 is 0. The van der Waals surface area contributed by atoms with Crippen LogP contribution in [0.2, 0.25) is 0 Å². The summed E-state index contributed by atoms with van der Waals surface area (Å²) in [7, 11) is -3.52. The highest BCUT2D eigenvalue weighted by Crippen LogP contribution is 2.20. The molecule has 0 aliphatic carbocycles. The minimum Gasteiger partial charge on any atom is -0.345 e. The van der Waals surface area contributed by atoms with Gasteiger partial charge in [0.25, 0.3) is 0 Å². The lowest BCUT2D eigenvalue weighted by Gasteiger charge is -2.07. The van der Waals surface area contributed by atoms with Crippen molar-refractivity contribution in [1.82, 2.24) is 14.7 Å². The predicted molar refractivity (Wildman–Crippen MR) is 76.8 cm³/mol. The normalized spacial score (nSPS) is 13.2. The van der Waals surface area contributed by atoms with Gasteiger partial charge in [-0.05, 0) is 25.5 Å². The fourth-order valence-electron chi connectivity index (χ4n) is 1.65. The molecule has 0 spiro atoms. The van der Waals surface area contributed by atoms with Gasteiger partial charge in [-0.15, -0.1) is 12.4 Å². The van der Waals surface area contributed by atoms with Crippen molar-refractivity contribution in [3.8, 4) is 0 Å². The van der Waals surface area contributed by atoms with Crippen LogP contribution >= 0.6 is 12.4 Å². The minimum absolute atomic E-state index is 0. The summed E-state index contributed by atoms with van der Waals surface area (Å²) in [5.41, 5.74) is 6.14. The van der Waals surface area contributed by atoms with Crippen LogP contribution in [0.3, 0.4) is 0 Å². The van der Waals surface area contributed by atoms with Gasteiger partial charge in [0.1, 0.15) is 10.5 Å². The van der Waals surface area contributed by atoms with Crippen molar-refractivity contribution in [3.63, 3.8) is 0 Å². The molecule has 106 valence electrons. The van der Waals surface area contributed by atoms with Crippen molar-refractivity contribution in [3.05, 3.63) is 24.5 Å². The number of aromatic amines is 1. The van der Waals surface area contributed by atoms with Gasteiger partial charge in [0, 0.05) is 30.4 Å². The Labute approximate surface area is 118 Å². The summed E-state index contributed by atoms with van der Waals surface area (Å²) < 4.78 is 26.7. The molecule has 0 aromatic carbocycles. The van der Waals surface area contributed by atoms with Crippen LogP contribution in [0.4, 0.5) is 0 Å². The molecule has 0 amide bonds. The maximum Gasteiger partial charge on any atom is 0.242 e. The molecule has 1 unspecified atom stereocenters. The summed E-state index contributed by atoms with van der Waals surface area (Å²) in [5, 5.41) is 0.589. The Morgan fingerprint density at radius 1 is 1.53 bits per heavy atom. The minimum atomic E-state index is -3.52. The number of sulfonamides is 1. The van der Waals surface area contributed by atoms with E-state index in [-0.39, 0.29) is 23.3 Å². The number of nitrogens with zero attached hydrogens (tertiary/aromatic N) is 1. The van der Waals surface area contributed by atoms with Gasteiger partial charge >= 0.3 is 0 Å². The number of fused-ring (bicyclic) bond motifs is 1. The fourth-order valence-corrected chi connectivity index (χ4v) is 2.86. The zero-order valence-electron chi connectivity index (χ0n) is 10.5. The lowest BCUT2D eigenvalue weighted by molar-refractivity contribution is 0.572. The molecule has 0 saturated heterocycles. The second kappa shape index (κ2) is 6.33. The van der Waals surface area contributed by atoms with Gasteiger partial charge in [-0.1, -0.05) is 0 Å². The van der Waals surface area contributed by atoms with Crippen LogP contribution < -0.4 is 10.5 Å². The Morgan fingerprint density at radius 2 is 2.26 bits per heavy atom. The standard InChI is InChI=1S/C11H16N4O2S.ClH/c1-8(12)4-6-15-18(16,17)10-7-14-11-9(10)3-2-5-13-11;/h2-3,5,7-8,15H,4,6,12H2,1H3,(H,13,14);1H. The molecule has 2 heterocycles. The summed E-state index contributed by atoms with van der Waals surface area (Å²) in [6.07, 6.45) is 3.66. The Kier molecular flexibility index (Phi) is 5.30. The zero-order valence-corrected chi connectivity index (χ0v) is 12.1. The number of nitrogens with two attached hydrogens (primary N) is 1. The average Bonchev–Trinajstić information content (AvgIpc) is 2.72. The van der Waals surface area contributed by atoms with E-state index in [1.54, 1.807) is 18.3 Å². The summed E-state index contributed by atoms with van der Waals surface area (Å²) in [6.45, 7) is 2.16. The third kappa shape index (κ3) is 3.66. The third-order valence-corrected chi connectivity index (χ3v) is 4.10. The maximum atomic E-state index is 12.1. The van der Waals surface area contributed by atoms with Crippen LogP contribution in [0.15, 0.2) is 29.4 Å². The van der Waals surface area contributed by atoms with E-state index in [0.29, 0.717) is 24.0 Å². The van der Waals surface area contributed by atoms with Crippen LogP contribution in [0.1, 0.15) is 13.3 Å². The van der Waals surface area contributed by atoms with Gasteiger partial charge in [0.15, 0.2) is 0 Å². The summed E-state index contributed by atoms with van der Waals surface area (Å²) in [6, 6.07) is 3.40. The van der Waals surface area contributed by atoms with Crippen molar-refractivity contribution in [2.75, 3.05) is 6.54 Å². The van der Waals surface area contributed by atoms with E-state index in [9.17, 15) is 8.42 Å². The number of halogens is 1. The van der Waals surface area contributed by atoms with Gasteiger partial charge in [-0.3, -0.25) is 0 Å². The first-order valence-electron chi connectivity index (χ1n) is 5.68. The van der Waals surface area contributed by atoms with E-state index in [1.165, 1.54) is 6.20 Å². The zero-order chi connectivity index (χ0) is 13.2. The van der Waals surface area contributed by atoms with Crippen molar-refractivity contribution in [2.45, 2.75) is 24.3 Å². The first-order chi connectivity index (χ1) is 8.50. The third-order valence-electron chi connectivity index (χ3n) is 2.59. The summed E-state index contributed by atoms with van der Waals surface area (Å²) in [4.78, 5) is 7.11. The molecule has 4 N–H and O–H groups in total. The smallest absolute Gasteiger partial charge is 0.242 e. The van der Waals surface area contributed by atoms with Crippen LogP contribution in [0, 0.1) is 0 Å². The Hall–Kier alpha value is -1.15. The number of nitrogens with one attached hydrogen (secondary N) is 2. The number of hydrogen-bond acceptors (Lipinski definition) is 4. The van der Waals surface area contributed by atoms with E-state index >= 15 is 0 Å². The van der Waals surface area contributed by atoms with E-state index < -0.39 is 10.0 Å². The predicted octanol–water partition coefficient (Wildman–Crippen LogP) is 1.00. The number of rotatable bonds is 5. The molecule has 1 atom stereocenters. The van der Waals surface area contributed by atoms with Crippen molar-refractivity contribution >= 4 is 33.5 Å². The van der Waals surface area contributed by atoms with Gasteiger partial charge in [0.05, 0.1) is 0 Å². The summed E-state index contributed by atoms with van der Waals surface area (Å²) in [5.74, 6) is 0. The molecular formula is C11H17ClN4O2S. The largest absolute Gasteiger partial charge is 0.345 e. The van der Waals surface area contributed by atoms with Crippen molar-refractivity contribution in [2.24, 2.45) is 5.73 Å². The Bertz CT molecular complexity index is 639. The maximum absolute atomic E-state index is 12.1. The number of hydrogen-bond donors (Lipinski definition) is 3. The molecular weight excluding hydrogens is 288 g/mol. The number of aromatic nitrogens is 2. The van der Waals surface area contributed by atoms with E-state index in [1.807, 2.05) is 6.92 Å². The van der Waals surface area contributed by atoms with Crippen LogP contribution in [0.25, 0.3) is 11.0 Å². The lowest BCUT2D eigenvalue weighted by atomic mass is 10.3. The second-order valence-corrected chi connectivity index (χ2v) is 5.95. The molecule has 2 aromatic heterocycles. The van der Waals surface area contributed by atoms with Crippen LogP contribution in [-0.2, 0) is 10.0 Å². The van der Waals surface area contributed by atoms with Gasteiger partial charge in [-0.2, -0.15) is 0 Å². The first-order valence-corrected chi connectivity index (χ1v) is 7.16. The van der Waals surface area contributed by atoms with E-state index in [0.717, 1.165) is 0 Å². The van der Waals surface area contributed by atoms with Crippen LogP contribution in [0.5, 0.6) is 0 Å². The van der Waals surface area contributed by atoms with E-state index in [4.69, 9.17) is 5.73 Å². The van der Waals surface area contributed by atoms with Crippen molar-refractivity contribution < 1.29 is 8.42 Å². The highest BCUT2D eigenvalue weighted by molar-refractivity contribution is 7.89. The molecule has 8 heteroatoms. The molecule has 0 aliphatic rings. The molecule has 2 aromatic rings. The highest BCUT2D eigenvalue weighted by Gasteiger charge is 2.18.